The molecule has 0 unspecified atom stereocenters. The summed E-state index contributed by atoms with van der Waals surface area (Å²) in [6.45, 7) is 0. The average Bonchev–Trinajstić information content (AvgIpc) is 1.41. The van der Waals surface area contributed by atoms with Gasteiger partial charge in [0.15, 0.2) is 0 Å². The van der Waals surface area contributed by atoms with E-state index in [2.05, 4.69) is 0 Å². The molecule has 0 aliphatic rings. The Morgan fingerprint density at radius 2 is 1.29 bits per heavy atom. The fourth-order valence-corrected chi connectivity index (χ4v) is 0.0622. The Morgan fingerprint density at radius 1 is 1.00 bits per heavy atom. The van der Waals surface area contributed by atoms with Gasteiger partial charge in [-0.1, -0.05) is 0 Å². The molecule has 0 aromatic heterocycles. The molecule has 31 valence electrons. The Labute approximate surface area is 93.0 Å². The molecule has 0 spiro atoms. The Kier molecular flexibility index (Phi) is 35.3. The van der Waals surface area contributed by atoms with Crippen LogP contribution in [-0.2, 0) is 15.0 Å². The first kappa shape index (κ1) is 15.8. The minimum absolute atomic E-state index is 0. The second-order valence-electron chi connectivity index (χ2n) is 0.210. The fraction of sp³-hybridized carbons (Fsp3) is 0. The smallest absolute Gasteiger partial charge is 1.00 e. The minimum atomic E-state index is 0. The molecular formula is C2CuN2Na2. The molecule has 0 radical (unpaired) electrons. The van der Waals surface area contributed by atoms with E-state index in [1.54, 1.807) is 9.94 Å². The molecule has 0 rings (SSSR count). The molecule has 5 heteroatoms. The summed E-state index contributed by atoms with van der Waals surface area (Å²) in [5.74, 6) is 0. The standard InChI is InChI=1S/2CN.Cu.2Na/c2*1-2;;;/q;;-2;2*+1. The van der Waals surface area contributed by atoms with Gasteiger partial charge in [-0.05, 0) is 0 Å². The van der Waals surface area contributed by atoms with Crippen LogP contribution in [0, 0.1) is 20.5 Å². The molecule has 0 amide bonds. The first-order chi connectivity index (χ1) is 2.41. The van der Waals surface area contributed by atoms with Crippen molar-refractivity contribution in [2.24, 2.45) is 0 Å². The minimum Gasteiger partial charge on any atom is 1.00 e. The van der Waals surface area contributed by atoms with Gasteiger partial charge in [-0.25, -0.2) is 0 Å². The first-order valence-corrected chi connectivity index (χ1v) is 1.69. The van der Waals surface area contributed by atoms with Crippen molar-refractivity contribution in [1.82, 2.24) is 0 Å². The number of hydrogen-bond acceptors (Lipinski definition) is 2. The van der Waals surface area contributed by atoms with Crippen LogP contribution >= 0.6 is 0 Å². The third-order valence-corrected chi connectivity index (χ3v) is 0.278. The largest absolute Gasteiger partial charge is 1.00 e. The van der Waals surface area contributed by atoms with Gasteiger partial charge in [0, 0.05) is 0 Å². The molecule has 7 heavy (non-hydrogen) atoms. The van der Waals surface area contributed by atoms with E-state index in [1.807, 2.05) is 0 Å². The quantitative estimate of drug-likeness (QED) is 0.332. The predicted molar refractivity (Wildman–Crippen MR) is 11.2 cm³/mol. The normalized spacial score (nSPS) is 3.71. The van der Waals surface area contributed by atoms with Gasteiger partial charge in [-0.15, -0.1) is 0 Å². The molecule has 0 N–H and O–H groups in total. The van der Waals surface area contributed by atoms with Gasteiger partial charge in [-0.3, -0.25) is 0 Å². The van der Waals surface area contributed by atoms with Gasteiger partial charge in [0.25, 0.3) is 0 Å². The number of nitrogens with zero attached hydrogens (tertiary/aromatic N) is 2. The van der Waals surface area contributed by atoms with Crippen LogP contribution in [0.2, 0.25) is 0 Å². The van der Waals surface area contributed by atoms with Gasteiger partial charge in [0.05, 0.1) is 0 Å². The van der Waals surface area contributed by atoms with Crippen molar-refractivity contribution < 1.29 is 74.1 Å². The summed E-state index contributed by atoms with van der Waals surface area (Å²) >= 11 is 0.646. The summed E-state index contributed by atoms with van der Waals surface area (Å²) in [5.41, 5.74) is 0. The van der Waals surface area contributed by atoms with E-state index in [1.165, 1.54) is 0 Å². The molecule has 0 fully saturated rings. The number of rotatable bonds is 0. The Morgan fingerprint density at radius 3 is 1.29 bits per heavy atom. The summed E-state index contributed by atoms with van der Waals surface area (Å²) < 4.78 is 0. The maximum absolute atomic E-state index is 7.55. The van der Waals surface area contributed by atoms with Gasteiger partial charge in [-0.2, -0.15) is 0 Å². The molecule has 0 heterocycles. The average molecular weight is 162 g/mol. The monoisotopic (exact) mass is 161 g/mol. The fourth-order valence-electron chi connectivity index (χ4n) is 0.0151. The van der Waals surface area contributed by atoms with Crippen molar-refractivity contribution in [3.8, 4) is 9.94 Å². The molecule has 0 bridgehead atoms. The van der Waals surface area contributed by atoms with Crippen molar-refractivity contribution in [3.63, 3.8) is 0 Å². The molecule has 0 aliphatic heterocycles. The summed E-state index contributed by atoms with van der Waals surface area (Å²) in [5, 5.41) is 15.1. The van der Waals surface area contributed by atoms with Crippen LogP contribution in [0.15, 0.2) is 0 Å². The van der Waals surface area contributed by atoms with E-state index in [0.29, 0.717) is 15.0 Å². The van der Waals surface area contributed by atoms with Crippen molar-refractivity contribution in [1.29, 1.82) is 10.5 Å². The Balaban J connectivity index is -0.0000000800. The molecule has 0 aromatic carbocycles. The third-order valence-electron chi connectivity index (χ3n) is 0.0674. The Bertz CT molecular complexity index is 78.8. The molecule has 0 atom stereocenters. The van der Waals surface area contributed by atoms with Gasteiger partial charge in [0.2, 0.25) is 0 Å². The van der Waals surface area contributed by atoms with Crippen LogP contribution in [-0.4, -0.2) is 0 Å². The maximum Gasteiger partial charge on any atom is 1.00 e. The molecule has 2 nitrogen and oxygen atoms in total. The molecule has 0 aromatic rings. The second kappa shape index (κ2) is 15.6. The van der Waals surface area contributed by atoms with Crippen LogP contribution in [0.4, 0.5) is 0 Å². The van der Waals surface area contributed by atoms with Crippen LogP contribution in [0.3, 0.4) is 0 Å². The predicted octanol–water partition coefficient (Wildman–Crippen LogP) is -5.96. The summed E-state index contributed by atoms with van der Waals surface area (Å²) in [7, 11) is 0. The number of hydrogen-bond donors (Lipinski definition) is 0. The van der Waals surface area contributed by atoms with E-state index in [0.717, 1.165) is 0 Å². The van der Waals surface area contributed by atoms with Crippen LogP contribution in [0.25, 0.3) is 0 Å². The van der Waals surface area contributed by atoms with E-state index in [9.17, 15) is 0 Å². The van der Waals surface area contributed by atoms with E-state index >= 15 is 0 Å². The van der Waals surface area contributed by atoms with E-state index < -0.39 is 0 Å². The van der Waals surface area contributed by atoms with Crippen LogP contribution < -0.4 is 59.1 Å². The van der Waals surface area contributed by atoms with Crippen LogP contribution in [0.1, 0.15) is 0 Å². The number of nitriles is 2. The van der Waals surface area contributed by atoms with E-state index in [-0.39, 0.29) is 59.1 Å². The van der Waals surface area contributed by atoms with Crippen molar-refractivity contribution in [2.75, 3.05) is 0 Å². The van der Waals surface area contributed by atoms with Crippen molar-refractivity contribution >= 4 is 0 Å². The van der Waals surface area contributed by atoms with Gasteiger partial charge < -0.3 is 0 Å². The zero-order valence-electron chi connectivity index (χ0n) is 4.20. The summed E-state index contributed by atoms with van der Waals surface area (Å²) in [4.78, 5) is 3.12. The Hall–Kier alpha value is 1.50. The van der Waals surface area contributed by atoms with Crippen molar-refractivity contribution in [3.05, 3.63) is 0 Å². The maximum atomic E-state index is 7.55. The first-order valence-electron chi connectivity index (χ1n) is 0.749. The van der Waals surface area contributed by atoms with Crippen LogP contribution in [0.5, 0.6) is 0 Å². The van der Waals surface area contributed by atoms with E-state index in [4.69, 9.17) is 10.5 Å². The zero-order valence-corrected chi connectivity index (χ0v) is 9.14. The van der Waals surface area contributed by atoms with Crippen molar-refractivity contribution in [2.45, 2.75) is 0 Å². The molecule has 0 aliphatic carbocycles. The van der Waals surface area contributed by atoms with Gasteiger partial charge >= 0.3 is 94.5 Å². The third kappa shape index (κ3) is 18.5. The van der Waals surface area contributed by atoms with Gasteiger partial charge in [0.1, 0.15) is 0 Å². The topological polar surface area (TPSA) is 47.6 Å². The summed E-state index contributed by atoms with van der Waals surface area (Å²) in [6.07, 6.45) is 0. The molecule has 0 saturated carbocycles. The zero-order chi connectivity index (χ0) is 4.12. The SMILES string of the molecule is N#[C][Cu-2][C]#N.[Na+].[Na+]. The summed E-state index contributed by atoms with van der Waals surface area (Å²) in [6, 6.07) is 0. The second-order valence-corrected chi connectivity index (χ2v) is 0.867. The molecular weight excluding hydrogens is 162 g/mol. The molecule has 0 saturated heterocycles.